The fourth-order valence-electron chi connectivity index (χ4n) is 2.48. The third-order valence-electron chi connectivity index (χ3n) is 3.69. The van der Waals surface area contributed by atoms with Crippen molar-refractivity contribution in [3.05, 3.63) is 42.5 Å². The zero-order chi connectivity index (χ0) is 15.4. The minimum atomic E-state index is -0.287. The summed E-state index contributed by atoms with van der Waals surface area (Å²) in [5.74, 6) is 0.170. The Labute approximate surface area is 128 Å². The molecular weight excluding hydrogens is 280 g/mol. The number of benzene rings is 1. The Morgan fingerprint density at radius 2 is 2.23 bits per heavy atom. The van der Waals surface area contributed by atoms with Crippen molar-refractivity contribution in [1.82, 2.24) is 25.0 Å². The summed E-state index contributed by atoms with van der Waals surface area (Å²) in [4.78, 5) is 17.8. The molecule has 1 amide bonds. The number of nitrogens with one attached hydrogen (secondary N) is 1. The van der Waals surface area contributed by atoms with Crippen molar-refractivity contribution < 1.29 is 4.79 Å². The number of hydrogen-bond acceptors (Lipinski definition) is 5. The summed E-state index contributed by atoms with van der Waals surface area (Å²) in [6, 6.07) is 9.51. The Morgan fingerprint density at radius 3 is 2.95 bits per heavy atom. The molecule has 1 fully saturated rings. The molecule has 7 nitrogen and oxygen atoms in total. The fraction of sp³-hybridized carbons (Fsp3) is 0.333. The van der Waals surface area contributed by atoms with Gasteiger partial charge in [0.2, 0.25) is 5.82 Å². The van der Waals surface area contributed by atoms with Gasteiger partial charge in [-0.1, -0.05) is 18.2 Å². The van der Waals surface area contributed by atoms with E-state index in [9.17, 15) is 4.79 Å². The Bertz CT molecular complexity index is 690. The molecule has 1 atom stereocenters. The van der Waals surface area contributed by atoms with Crippen molar-refractivity contribution in [3.63, 3.8) is 0 Å². The maximum absolute atomic E-state index is 12.1. The predicted octanol–water partition coefficient (Wildman–Crippen LogP) is 0.800. The molecule has 2 aromatic rings. The molecule has 112 valence electrons. The lowest BCUT2D eigenvalue weighted by atomic mass is 10.1. The first-order chi connectivity index (χ1) is 10.8. The van der Waals surface area contributed by atoms with E-state index >= 15 is 0 Å². The van der Waals surface area contributed by atoms with Gasteiger partial charge < -0.3 is 10.2 Å². The molecule has 1 N–H and O–H groups in total. The highest BCUT2D eigenvalue weighted by Crippen LogP contribution is 2.14. The quantitative estimate of drug-likeness (QED) is 0.843. The number of carbonyl (C=O) groups excluding carboxylic acids is 1. The number of para-hydroxylation sites is 1. The lowest BCUT2D eigenvalue weighted by Crippen LogP contribution is -2.31. The Morgan fingerprint density at radius 1 is 1.41 bits per heavy atom. The molecule has 1 unspecified atom stereocenters. The second-order valence-corrected chi connectivity index (χ2v) is 5.26. The molecule has 1 aliphatic rings. The molecule has 1 aliphatic heterocycles. The molecule has 3 rings (SSSR count). The first-order valence-electron chi connectivity index (χ1n) is 7.16. The van der Waals surface area contributed by atoms with Gasteiger partial charge in [0.05, 0.1) is 5.69 Å². The number of nitrogens with zero attached hydrogens (tertiary/aromatic N) is 5. The van der Waals surface area contributed by atoms with Gasteiger partial charge >= 0.3 is 0 Å². The van der Waals surface area contributed by atoms with Gasteiger partial charge in [0.1, 0.15) is 6.33 Å². The summed E-state index contributed by atoms with van der Waals surface area (Å²) in [6.07, 6.45) is 4.57. The first-order valence-corrected chi connectivity index (χ1v) is 7.16. The van der Waals surface area contributed by atoms with Gasteiger partial charge in [-0.3, -0.25) is 4.79 Å². The molecule has 1 aromatic carbocycles. The molecule has 0 radical (unpaired) electrons. The Balaban J connectivity index is 1.57. The van der Waals surface area contributed by atoms with Gasteiger partial charge in [0, 0.05) is 19.6 Å². The van der Waals surface area contributed by atoms with E-state index in [0.29, 0.717) is 19.0 Å². The summed E-state index contributed by atoms with van der Waals surface area (Å²) in [5, 5.41) is 15.8. The molecule has 7 heteroatoms. The van der Waals surface area contributed by atoms with Crippen LogP contribution in [0.3, 0.4) is 0 Å². The van der Waals surface area contributed by atoms with E-state index < -0.39 is 0 Å². The second-order valence-electron chi connectivity index (χ2n) is 5.26. The number of likely N-dealkylation sites (tertiary alicyclic amines) is 1. The number of amides is 1. The van der Waals surface area contributed by atoms with Crippen molar-refractivity contribution >= 4 is 5.91 Å². The number of rotatable bonds is 4. The van der Waals surface area contributed by atoms with Crippen molar-refractivity contribution in [2.24, 2.45) is 5.92 Å². The van der Waals surface area contributed by atoms with Gasteiger partial charge in [0.15, 0.2) is 6.19 Å². The summed E-state index contributed by atoms with van der Waals surface area (Å²) in [7, 11) is 0. The van der Waals surface area contributed by atoms with Gasteiger partial charge in [-0.2, -0.15) is 5.26 Å². The minimum Gasteiger partial charge on any atom is -0.349 e. The van der Waals surface area contributed by atoms with E-state index in [-0.39, 0.29) is 11.7 Å². The van der Waals surface area contributed by atoms with Gasteiger partial charge in [0.25, 0.3) is 5.91 Å². The fourth-order valence-corrected chi connectivity index (χ4v) is 2.48. The molecule has 0 saturated carbocycles. The molecule has 0 aliphatic carbocycles. The highest BCUT2D eigenvalue weighted by atomic mass is 16.2. The predicted molar refractivity (Wildman–Crippen MR) is 79.0 cm³/mol. The number of carbonyl (C=O) groups is 1. The van der Waals surface area contributed by atoms with E-state index in [4.69, 9.17) is 5.26 Å². The SMILES string of the molecule is N#CN1CCC(CNC(=O)c2ncn(-c3ccccc3)n2)C1. The molecular formula is C15H16N6O. The van der Waals surface area contributed by atoms with Crippen LogP contribution in [0, 0.1) is 17.4 Å². The van der Waals surface area contributed by atoms with Crippen LogP contribution in [0.25, 0.3) is 5.69 Å². The van der Waals surface area contributed by atoms with Crippen LogP contribution in [0.5, 0.6) is 0 Å². The standard InChI is InChI=1S/C15H16N6O/c16-10-20-7-6-12(9-20)8-17-15(22)14-18-11-21(19-14)13-4-2-1-3-5-13/h1-5,11-12H,6-9H2,(H,17,22). The average molecular weight is 296 g/mol. The lowest BCUT2D eigenvalue weighted by Gasteiger charge is -2.09. The average Bonchev–Trinajstić information content (AvgIpc) is 3.22. The zero-order valence-electron chi connectivity index (χ0n) is 12.0. The van der Waals surface area contributed by atoms with Crippen LogP contribution in [-0.2, 0) is 0 Å². The van der Waals surface area contributed by atoms with Crippen molar-refractivity contribution in [2.75, 3.05) is 19.6 Å². The highest BCUT2D eigenvalue weighted by Gasteiger charge is 2.22. The summed E-state index contributed by atoms with van der Waals surface area (Å²) < 4.78 is 1.57. The number of nitriles is 1. The van der Waals surface area contributed by atoms with E-state index in [1.165, 1.54) is 6.33 Å². The highest BCUT2D eigenvalue weighted by molar-refractivity contribution is 5.90. The monoisotopic (exact) mass is 296 g/mol. The molecule has 1 saturated heterocycles. The largest absolute Gasteiger partial charge is 0.349 e. The second kappa shape index (κ2) is 6.26. The Hall–Kier alpha value is -2.88. The van der Waals surface area contributed by atoms with Crippen LogP contribution in [0.1, 0.15) is 17.0 Å². The van der Waals surface area contributed by atoms with Crippen molar-refractivity contribution in [3.8, 4) is 11.9 Å². The minimum absolute atomic E-state index is 0.152. The molecule has 2 heterocycles. The van der Waals surface area contributed by atoms with E-state index in [0.717, 1.165) is 18.7 Å². The third-order valence-corrected chi connectivity index (χ3v) is 3.69. The maximum Gasteiger partial charge on any atom is 0.290 e. The molecule has 22 heavy (non-hydrogen) atoms. The van der Waals surface area contributed by atoms with Crippen LogP contribution < -0.4 is 5.32 Å². The number of hydrogen-bond donors (Lipinski definition) is 1. The summed E-state index contributed by atoms with van der Waals surface area (Å²) >= 11 is 0. The van der Waals surface area contributed by atoms with Crippen LogP contribution in [0.4, 0.5) is 0 Å². The Kier molecular flexibility index (Phi) is 4.01. The van der Waals surface area contributed by atoms with Crippen LogP contribution >= 0.6 is 0 Å². The summed E-state index contributed by atoms with van der Waals surface area (Å²) in [6.45, 7) is 2.00. The van der Waals surface area contributed by atoms with Crippen LogP contribution in [-0.4, -0.2) is 45.2 Å². The first kappa shape index (κ1) is 14.1. The molecule has 0 bridgehead atoms. The van der Waals surface area contributed by atoms with E-state index in [1.54, 1.807) is 9.58 Å². The van der Waals surface area contributed by atoms with Gasteiger partial charge in [-0.15, -0.1) is 5.10 Å². The van der Waals surface area contributed by atoms with Gasteiger partial charge in [-0.05, 0) is 24.5 Å². The maximum atomic E-state index is 12.1. The van der Waals surface area contributed by atoms with Crippen molar-refractivity contribution in [2.45, 2.75) is 6.42 Å². The lowest BCUT2D eigenvalue weighted by molar-refractivity contribution is 0.0937. The molecule has 1 aromatic heterocycles. The van der Waals surface area contributed by atoms with E-state index in [2.05, 4.69) is 21.6 Å². The van der Waals surface area contributed by atoms with Crippen LogP contribution in [0.15, 0.2) is 36.7 Å². The third kappa shape index (κ3) is 3.06. The van der Waals surface area contributed by atoms with E-state index in [1.807, 2.05) is 30.3 Å². The summed E-state index contributed by atoms with van der Waals surface area (Å²) in [5.41, 5.74) is 0.856. The zero-order valence-corrected chi connectivity index (χ0v) is 12.0. The van der Waals surface area contributed by atoms with Crippen molar-refractivity contribution in [1.29, 1.82) is 5.26 Å². The van der Waals surface area contributed by atoms with Gasteiger partial charge in [-0.25, -0.2) is 9.67 Å². The normalized spacial score (nSPS) is 17.2. The smallest absolute Gasteiger partial charge is 0.290 e. The van der Waals surface area contributed by atoms with Crippen LogP contribution in [0.2, 0.25) is 0 Å². The number of aromatic nitrogens is 3. The topological polar surface area (TPSA) is 86.8 Å². The molecule has 0 spiro atoms.